The normalized spacial score (nSPS) is 10.8. The lowest BCUT2D eigenvalue weighted by molar-refractivity contribution is 0.104. The van der Waals surface area contributed by atoms with Gasteiger partial charge >= 0.3 is 0 Å². The summed E-state index contributed by atoms with van der Waals surface area (Å²) in [6, 6.07) is 20.8. The predicted octanol–water partition coefficient (Wildman–Crippen LogP) is 6.70. The Labute approximate surface area is 181 Å². The molecule has 3 aromatic carbocycles. The van der Waals surface area contributed by atoms with Crippen molar-refractivity contribution in [3.8, 4) is 11.5 Å². The number of rotatable bonds is 7. The summed E-state index contributed by atoms with van der Waals surface area (Å²) in [6.07, 6.45) is 3.31. The van der Waals surface area contributed by atoms with Gasteiger partial charge in [0.1, 0.15) is 18.1 Å². The van der Waals surface area contributed by atoms with Gasteiger partial charge in [-0.05, 0) is 70.0 Å². The Balaban J connectivity index is 1.81. The van der Waals surface area contributed by atoms with Gasteiger partial charge in [0.05, 0.1) is 11.6 Å². The van der Waals surface area contributed by atoms with Gasteiger partial charge in [-0.3, -0.25) is 4.79 Å². The number of allylic oxidation sites excluding steroid dienone is 1. The van der Waals surface area contributed by atoms with Crippen LogP contribution >= 0.6 is 31.9 Å². The van der Waals surface area contributed by atoms with Crippen LogP contribution < -0.4 is 9.47 Å². The van der Waals surface area contributed by atoms with Gasteiger partial charge in [0.15, 0.2) is 5.78 Å². The highest BCUT2D eigenvalue weighted by Crippen LogP contribution is 2.34. The maximum Gasteiger partial charge on any atom is 0.185 e. The number of carbonyl (C=O) groups excluding carboxylic acids is 1. The molecule has 3 nitrogen and oxygen atoms in total. The monoisotopic (exact) mass is 500 g/mol. The van der Waals surface area contributed by atoms with Crippen molar-refractivity contribution in [3.63, 3.8) is 0 Å². The van der Waals surface area contributed by atoms with Crippen molar-refractivity contribution >= 4 is 43.7 Å². The van der Waals surface area contributed by atoms with Crippen LogP contribution in [-0.2, 0) is 6.61 Å². The second kappa shape index (κ2) is 9.71. The average Bonchev–Trinajstić information content (AvgIpc) is 2.72. The second-order valence-corrected chi connectivity index (χ2v) is 7.78. The third kappa shape index (κ3) is 5.33. The number of hydrogen-bond donors (Lipinski definition) is 0. The first-order valence-corrected chi connectivity index (χ1v) is 10.2. The molecule has 0 saturated carbocycles. The van der Waals surface area contributed by atoms with E-state index in [9.17, 15) is 4.79 Å². The van der Waals surface area contributed by atoms with Gasteiger partial charge in [0.25, 0.3) is 0 Å². The van der Waals surface area contributed by atoms with Crippen molar-refractivity contribution in [1.29, 1.82) is 0 Å². The average molecular weight is 502 g/mol. The number of ether oxygens (including phenoxy) is 2. The molecular formula is C23H18Br2O3. The largest absolute Gasteiger partial charge is 0.497 e. The predicted molar refractivity (Wildman–Crippen MR) is 119 cm³/mol. The van der Waals surface area contributed by atoms with E-state index in [1.165, 1.54) is 0 Å². The summed E-state index contributed by atoms with van der Waals surface area (Å²) >= 11 is 7.04. The minimum absolute atomic E-state index is 0.0900. The Morgan fingerprint density at radius 3 is 2.39 bits per heavy atom. The number of benzene rings is 3. The lowest BCUT2D eigenvalue weighted by Crippen LogP contribution is -1.98. The number of hydrogen-bond acceptors (Lipinski definition) is 3. The Hall–Kier alpha value is -2.37. The zero-order valence-corrected chi connectivity index (χ0v) is 18.4. The Morgan fingerprint density at radius 2 is 1.71 bits per heavy atom. The molecule has 0 N–H and O–H groups in total. The van der Waals surface area contributed by atoms with Crippen LogP contribution in [0.4, 0.5) is 0 Å². The van der Waals surface area contributed by atoms with Crippen LogP contribution in [0, 0.1) is 0 Å². The standard InChI is InChI=1S/C23H18Br2O3/c1-27-20-10-7-17(8-11-20)22(26)12-9-18-13-19(24)14-21(25)23(18)28-15-16-5-3-2-4-6-16/h2-14H,15H2,1H3/b12-9+. The van der Waals surface area contributed by atoms with Gasteiger partial charge in [0.2, 0.25) is 0 Å². The van der Waals surface area contributed by atoms with Gasteiger partial charge in [-0.15, -0.1) is 0 Å². The molecule has 0 atom stereocenters. The van der Waals surface area contributed by atoms with Crippen LogP contribution in [0.5, 0.6) is 11.5 Å². The lowest BCUT2D eigenvalue weighted by Gasteiger charge is -2.12. The third-order valence-corrected chi connectivity index (χ3v) is 5.10. The van der Waals surface area contributed by atoms with Crippen molar-refractivity contribution in [2.75, 3.05) is 7.11 Å². The third-order valence-electron chi connectivity index (χ3n) is 4.05. The fourth-order valence-electron chi connectivity index (χ4n) is 2.60. The molecular weight excluding hydrogens is 484 g/mol. The fourth-order valence-corrected chi connectivity index (χ4v) is 3.98. The number of carbonyl (C=O) groups is 1. The van der Waals surface area contributed by atoms with Gasteiger partial charge in [-0.2, -0.15) is 0 Å². The summed E-state index contributed by atoms with van der Waals surface area (Å²) in [6.45, 7) is 0.439. The molecule has 0 heterocycles. The SMILES string of the molecule is COc1ccc(C(=O)/C=C/c2cc(Br)cc(Br)c2OCc2ccccc2)cc1. The van der Waals surface area contributed by atoms with Crippen molar-refractivity contribution < 1.29 is 14.3 Å². The zero-order chi connectivity index (χ0) is 19.9. The molecule has 0 bridgehead atoms. The quantitative estimate of drug-likeness (QED) is 0.267. The summed E-state index contributed by atoms with van der Waals surface area (Å²) in [5.41, 5.74) is 2.47. The first-order chi connectivity index (χ1) is 13.6. The number of halogens is 2. The second-order valence-electron chi connectivity index (χ2n) is 6.01. The molecule has 0 aromatic heterocycles. The summed E-state index contributed by atoms with van der Waals surface area (Å²) in [4.78, 5) is 12.5. The molecule has 5 heteroatoms. The maximum atomic E-state index is 12.5. The van der Waals surface area contributed by atoms with Crippen molar-refractivity contribution in [2.45, 2.75) is 6.61 Å². The summed E-state index contributed by atoms with van der Waals surface area (Å²) in [5, 5.41) is 0. The van der Waals surface area contributed by atoms with E-state index in [1.807, 2.05) is 42.5 Å². The molecule has 0 unspecified atom stereocenters. The van der Waals surface area contributed by atoms with E-state index in [2.05, 4.69) is 31.9 Å². The molecule has 28 heavy (non-hydrogen) atoms. The summed E-state index contributed by atoms with van der Waals surface area (Å²) in [7, 11) is 1.60. The molecule has 3 aromatic rings. The minimum Gasteiger partial charge on any atom is -0.497 e. The minimum atomic E-state index is -0.0900. The van der Waals surface area contributed by atoms with Gasteiger partial charge in [-0.25, -0.2) is 0 Å². The molecule has 0 amide bonds. The molecule has 142 valence electrons. The van der Waals surface area contributed by atoms with E-state index in [0.717, 1.165) is 20.1 Å². The van der Waals surface area contributed by atoms with E-state index >= 15 is 0 Å². The van der Waals surface area contributed by atoms with Gasteiger partial charge in [0, 0.05) is 15.6 Å². The molecule has 0 aliphatic carbocycles. The first kappa shape index (κ1) is 20.4. The maximum absolute atomic E-state index is 12.5. The Kier molecular flexibility index (Phi) is 7.06. The van der Waals surface area contributed by atoms with E-state index in [-0.39, 0.29) is 5.78 Å². The van der Waals surface area contributed by atoms with E-state index in [1.54, 1.807) is 43.5 Å². The van der Waals surface area contributed by atoms with Crippen LogP contribution in [0.15, 0.2) is 81.8 Å². The number of methoxy groups -OCH3 is 1. The van der Waals surface area contributed by atoms with Crippen LogP contribution in [0.3, 0.4) is 0 Å². The van der Waals surface area contributed by atoms with Crippen LogP contribution in [0.25, 0.3) is 6.08 Å². The molecule has 3 rings (SSSR count). The smallest absolute Gasteiger partial charge is 0.185 e. The Bertz CT molecular complexity index is 981. The van der Waals surface area contributed by atoms with Gasteiger partial charge < -0.3 is 9.47 Å². The topological polar surface area (TPSA) is 35.5 Å². The van der Waals surface area contributed by atoms with Crippen LogP contribution in [0.2, 0.25) is 0 Å². The van der Waals surface area contributed by atoms with E-state index < -0.39 is 0 Å². The highest BCUT2D eigenvalue weighted by molar-refractivity contribution is 9.11. The molecule has 0 aliphatic rings. The Morgan fingerprint density at radius 1 is 1.00 bits per heavy atom. The van der Waals surface area contributed by atoms with Crippen molar-refractivity contribution in [1.82, 2.24) is 0 Å². The van der Waals surface area contributed by atoms with Crippen LogP contribution in [-0.4, -0.2) is 12.9 Å². The van der Waals surface area contributed by atoms with Crippen molar-refractivity contribution in [3.05, 3.63) is 98.4 Å². The highest BCUT2D eigenvalue weighted by Gasteiger charge is 2.10. The summed E-state index contributed by atoms with van der Waals surface area (Å²) in [5.74, 6) is 1.31. The first-order valence-electron chi connectivity index (χ1n) is 8.59. The molecule has 0 fully saturated rings. The van der Waals surface area contributed by atoms with E-state index in [0.29, 0.717) is 23.7 Å². The number of ketones is 1. The summed E-state index contributed by atoms with van der Waals surface area (Å²) < 4.78 is 12.9. The van der Waals surface area contributed by atoms with Gasteiger partial charge in [-0.1, -0.05) is 46.3 Å². The molecule has 0 aliphatic heterocycles. The molecule has 0 saturated heterocycles. The lowest BCUT2D eigenvalue weighted by atomic mass is 10.1. The van der Waals surface area contributed by atoms with Crippen LogP contribution in [0.1, 0.15) is 21.5 Å². The molecule has 0 radical (unpaired) electrons. The molecule has 0 spiro atoms. The highest BCUT2D eigenvalue weighted by atomic mass is 79.9. The van der Waals surface area contributed by atoms with E-state index in [4.69, 9.17) is 9.47 Å². The van der Waals surface area contributed by atoms with Crippen molar-refractivity contribution in [2.24, 2.45) is 0 Å². The fraction of sp³-hybridized carbons (Fsp3) is 0.0870. The zero-order valence-electron chi connectivity index (χ0n) is 15.2.